The van der Waals surface area contributed by atoms with E-state index in [4.69, 9.17) is 0 Å². The first-order valence-electron chi connectivity index (χ1n) is 7.11. The maximum absolute atomic E-state index is 11.2. The van der Waals surface area contributed by atoms with Crippen LogP contribution in [0.3, 0.4) is 0 Å². The first-order valence-corrected chi connectivity index (χ1v) is 7.11. The Morgan fingerprint density at radius 2 is 1.76 bits per heavy atom. The van der Waals surface area contributed by atoms with Crippen LogP contribution in [0, 0.1) is 6.92 Å². The van der Waals surface area contributed by atoms with Crippen molar-refractivity contribution in [3.63, 3.8) is 0 Å². The predicted octanol–water partition coefficient (Wildman–Crippen LogP) is 3.37. The van der Waals surface area contributed by atoms with Crippen LogP contribution in [0.1, 0.15) is 27.0 Å². The number of carbonyl (C=O) groups is 1. The van der Waals surface area contributed by atoms with E-state index in [1.54, 1.807) is 12.1 Å². The minimum Gasteiger partial charge on any atom is -0.478 e. The number of hydrogen-bond donors (Lipinski definition) is 1. The Bertz CT molecular complexity index is 605. The van der Waals surface area contributed by atoms with Gasteiger partial charge in [-0.15, -0.1) is 0 Å². The van der Waals surface area contributed by atoms with E-state index in [1.165, 1.54) is 11.1 Å². The summed E-state index contributed by atoms with van der Waals surface area (Å²) in [5, 5.41) is 9.18. The largest absolute Gasteiger partial charge is 0.478 e. The molecule has 0 saturated heterocycles. The number of nitrogens with zero attached hydrogens (tertiary/aromatic N) is 1. The van der Waals surface area contributed by atoms with Crippen LogP contribution < -0.4 is 0 Å². The molecule has 2 aromatic carbocycles. The Labute approximate surface area is 125 Å². The zero-order chi connectivity index (χ0) is 15.2. The van der Waals surface area contributed by atoms with Crippen molar-refractivity contribution in [3.05, 3.63) is 70.8 Å². The molecule has 0 fully saturated rings. The molecule has 0 heterocycles. The number of carboxylic acids is 1. The van der Waals surface area contributed by atoms with Gasteiger partial charge in [0.15, 0.2) is 0 Å². The molecular formula is C18H21NO2. The molecule has 0 bridgehead atoms. The Balaban J connectivity index is 1.93. The summed E-state index contributed by atoms with van der Waals surface area (Å²) >= 11 is 0. The lowest BCUT2D eigenvalue weighted by Crippen LogP contribution is -2.21. The fourth-order valence-corrected chi connectivity index (χ4v) is 2.34. The van der Waals surface area contributed by atoms with Gasteiger partial charge in [-0.25, -0.2) is 4.79 Å². The molecule has 0 aliphatic carbocycles. The molecule has 0 aliphatic rings. The van der Waals surface area contributed by atoms with Gasteiger partial charge >= 0.3 is 5.97 Å². The van der Waals surface area contributed by atoms with Crippen molar-refractivity contribution in [1.82, 2.24) is 4.90 Å². The van der Waals surface area contributed by atoms with E-state index in [0.29, 0.717) is 5.56 Å². The quantitative estimate of drug-likeness (QED) is 0.883. The number of hydrogen-bond acceptors (Lipinski definition) is 2. The summed E-state index contributed by atoms with van der Waals surface area (Å²) in [5.41, 5.74) is 3.83. The van der Waals surface area contributed by atoms with Crippen molar-refractivity contribution in [1.29, 1.82) is 0 Å². The fraction of sp³-hybridized carbons (Fsp3) is 0.278. The predicted molar refractivity (Wildman–Crippen MR) is 84.6 cm³/mol. The van der Waals surface area contributed by atoms with Crippen LogP contribution in [0.25, 0.3) is 0 Å². The number of rotatable bonds is 6. The van der Waals surface area contributed by atoms with Crippen LogP contribution >= 0.6 is 0 Å². The summed E-state index contributed by atoms with van der Waals surface area (Å²) in [7, 11) is 2.06. The van der Waals surface area contributed by atoms with Gasteiger partial charge in [-0.1, -0.05) is 48.0 Å². The van der Waals surface area contributed by atoms with Gasteiger partial charge in [0.1, 0.15) is 0 Å². The molecule has 0 unspecified atom stereocenters. The maximum Gasteiger partial charge on any atom is 0.335 e. The number of carboxylic acid groups (broad SMARTS) is 1. The first kappa shape index (κ1) is 15.3. The van der Waals surface area contributed by atoms with E-state index in [1.807, 2.05) is 12.1 Å². The zero-order valence-corrected chi connectivity index (χ0v) is 12.5. The van der Waals surface area contributed by atoms with Crippen LogP contribution in [0.15, 0.2) is 48.5 Å². The van der Waals surface area contributed by atoms with Crippen molar-refractivity contribution >= 4 is 5.97 Å². The molecule has 21 heavy (non-hydrogen) atoms. The molecule has 0 aromatic heterocycles. The van der Waals surface area contributed by atoms with Gasteiger partial charge in [-0.3, -0.25) is 0 Å². The van der Waals surface area contributed by atoms with Crippen molar-refractivity contribution in [2.45, 2.75) is 19.9 Å². The second-order valence-electron chi connectivity index (χ2n) is 5.44. The van der Waals surface area contributed by atoms with E-state index in [9.17, 15) is 9.90 Å². The van der Waals surface area contributed by atoms with Crippen LogP contribution in [0.5, 0.6) is 0 Å². The molecule has 0 amide bonds. The normalized spacial score (nSPS) is 10.8. The van der Waals surface area contributed by atoms with Crippen molar-refractivity contribution < 1.29 is 9.90 Å². The van der Waals surface area contributed by atoms with E-state index in [-0.39, 0.29) is 0 Å². The topological polar surface area (TPSA) is 40.5 Å². The molecule has 0 radical (unpaired) electrons. The highest BCUT2D eigenvalue weighted by molar-refractivity contribution is 5.89. The van der Waals surface area contributed by atoms with Crippen molar-refractivity contribution in [2.75, 3.05) is 13.6 Å². The molecule has 1 N–H and O–H groups in total. The van der Waals surface area contributed by atoms with Crippen LogP contribution in [-0.2, 0) is 13.0 Å². The summed E-state index contributed by atoms with van der Waals surface area (Å²) in [5.74, 6) is -0.855. The summed E-state index contributed by atoms with van der Waals surface area (Å²) in [4.78, 5) is 13.4. The zero-order valence-electron chi connectivity index (χ0n) is 12.5. The minimum atomic E-state index is -0.855. The molecule has 2 aromatic rings. The molecular weight excluding hydrogens is 262 g/mol. The summed E-state index contributed by atoms with van der Waals surface area (Å²) < 4.78 is 0. The smallest absolute Gasteiger partial charge is 0.335 e. The summed E-state index contributed by atoms with van der Waals surface area (Å²) in [6.45, 7) is 3.78. The summed E-state index contributed by atoms with van der Waals surface area (Å²) in [6, 6.07) is 15.7. The van der Waals surface area contributed by atoms with Gasteiger partial charge in [-0.2, -0.15) is 0 Å². The number of aryl methyl sites for hydroxylation is 1. The maximum atomic E-state index is 11.2. The highest BCUT2D eigenvalue weighted by Gasteiger charge is 2.09. The third-order valence-electron chi connectivity index (χ3n) is 3.58. The standard InChI is InChI=1S/C18H21NO2/c1-14-7-9-15(10-8-14)13-19(2)12-11-16-5-3-4-6-17(16)18(20)21/h3-10H,11-13H2,1-2H3,(H,20,21). The SMILES string of the molecule is Cc1ccc(CN(C)CCc2ccccc2C(=O)O)cc1. The third-order valence-corrected chi connectivity index (χ3v) is 3.58. The molecule has 110 valence electrons. The van der Waals surface area contributed by atoms with Gasteiger partial charge in [0, 0.05) is 13.1 Å². The second kappa shape index (κ2) is 7.04. The lowest BCUT2D eigenvalue weighted by atomic mass is 10.0. The second-order valence-corrected chi connectivity index (χ2v) is 5.44. The van der Waals surface area contributed by atoms with E-state index < -0.39 is 5.97 Å². The Kier molecular flexibility index (Phi) is 5.12. The van der Waals surface area contributed by atoms with Crippen molar-refractivity contribution in [3.8, 4) is 0 Å². The number of aromatic carboxylic acids is 1. The molecule has 0 saturated carbocycles. The lowest BCUT2D eigenvalue weighted by molar-refractivity contribution is 0.0695. The Morgan fingerprint density at radius 3 is 2.43 bits per heavy atom. The van der Waals surface area contributed by atoms with Crippen LogP contribution in [0.4, 0.5) is 0 Å². The van der Waals surface area contributed by atoms with Gasteiger partial charge < -0.3 is 10.0 Å². The first-order chi connectivity index (χ1) is 10.1. The van der Waals surface area contributed by atoms with Gasteiger partial charge in [-0.05, 0) is 37.6 Å². The van der Waals surface area contributed by atoms with Crippen molar-refractivity contribution in [2.24, 2.45) is 0 Å². The molecule has 2 rings (SSSR count). The van der Waals surface area contributed by atoms with Crippen LogP contribution in [0.2, 0.25) is 0 Å². The fourth-order valence-electron chi connectivity index (χ4n) is 2.34. The Hall–Kier alpha value is -2.13. The highest BCUT2D eigenvalue weighted by atomic mass is 16.4. The number of benzene rings is 2. The minimum absolute atomic E-state index is 0.404. The molecule has 3 heteroatoms. The number of likely N-dealkylation sites (N-methyl/N-ethyl adjacent to an activating group) is 1. The average molecular weight is 283 g/mol. The highest BCUT2D eigenvalue weighted by Crippen LogP contribution is 2.11. The third kappa shape index (κ3) is 4.43. The van der Waals surface area contributed by atoms with E-state index >= 15 is 0 Å². The van der Waals surface area contributed by atoms with E-state index in [0.717, 1.165) is 25.1 Å². The molecule has 0 aliphatic heterocycles. The Morgan fingerprint density at radius 1 is 1.10 bits per heavy atom. The lowest BCUT2D eigenvalue weighted by Gasteiger charge is -2.17. The average Bonchev–Trinajstić information content (AvgIpc) is 2.48. The molecule has 3 nitrogen and oxygen atoms in total. The summed E-state index contributed by atoms with van der Waals surface area (Å²) in [6.07, 6.45) is 0.741. The van der Waals surface area contributed by atoms with E-state index in [2.05, 4.69) is 43.1 Å². The molecule has 0 spiro atoms. The van der Waals surface area contributed by atoms with Crippen LogP contribution in [-0.4, -0.2) is 29.6 Å². The molecule has 0 atom stereocenters. The van der Waals surface area contributed by atoms with Gasteiger partial charge in [0.2, 0.25) is 0 Å². The van der Waals surface area contributed by atoms with Gasteiger partial charge in [0.05, 0.1) is 5.56 Å². The van der Waals surface area contributed by atoms with Gasteiger partial charge in [0.25, 0.3) is 0 Å². The monoisotopic (exact) mass is 283 g/mol.